The lowest BCUT2D eigenvalue weighted by Crippen LogP contribution is -2.45. The predicted molar refractivity (Wildman–Crippen MR) is 74.6 cm³/mol. The second-order valence-electron chi connectivity index (χ2n) is 5.58. The number of hydrogen-bond acceptors (Lipinski definition) is 4. The molecule has 1 amide bonds. The van der Waals surface area contributed by atoms with Crippen LogP contribution in [0.2, 0.25) is 0 Å². The lowest BCUT2D eigenvalue weighted by molar-refractivity contribution is -0.222. The molecule has 2 aromatic rings. The van der Waals surface area contributed by atoms with Crippen molar-refractivity contribution in [3.8, 4) is 0 Å². The Balaban J connectivity index is 1.70. The number of piperidine rings is 1. The number of carbonyl (C=O) groups excluding carboxylic acids is 1. The topological polar surface area (TPSA) is 82.1 Å². The van der Waals surface area contributed by atoms with Gasteiger partial charge in [0.1, 0.15) is 17.7 Å². The molecule has 1 unspecified atom stereocenters. The van der Waals surface area contributed by atoms with Gasteiger partial charge in [-0.1, -0.05) is 0 Å². The SMILES string of the molecule is O=C(c1ncnc2[nH]ccc12)N1CCC(C(O)C(F)(F)F)CC1. The third-order valence-electron chi connectivity index (χ3n) is 4.17. The van der Waals surface area contributed by atoms with E-state index >= 15 is 0 Å². The van der Waals surface area contributed by atoms with Crippen LogP contribution >= 0.6 is 0 Å². The summed E-state index contributed by atoms with van der Waals surface area (Å²) in [4.78, 5) is 24.9. The number of fused-ring (bicyclic) bond motifs is 1. The van der Waals surface area contributed by atoms with Gasteiger partial charge in [-0.05, 0) is 24.8 Å². The van der Waals surface area contributed by atoms with Crippen LogP contribution < -0.4 is 0 Å². The lowest BCUT2D eigenvalue weighted by Gasteiger charge is -2.34. The molecule has 1 aliphatic rings. The monoisotopic (exact) mass is 328 g/mol. The Kier molecular flexibility index (Phi) is 3.97. The molecule has 1 atom stereocenters. The molecule has 9 heteroatoms. The number of aromatic amines is 1. The van der Waals surface area contributed by atoms with Gasteiger partial charge >= 0.3 is 6.18 Å². The number of aliphatic hydroxyl groups excluding tert-OH is 1. The van der Waals surface area contributed by atoms with Crippen LogP contribution in [-0.4, -0.2) is 56.2 Å². The molecule has 0 aliphatic carbocycles. The molecule has 6 nitrogen and oxygen atoms in total. The molecule has 0 radical (unpaired) electrons. The number of nitrogens with one attached hydrogen (secondary N) is 1. The van der Waals surface area contributed by atoms with E-state index in [1.807, 2.05) is 0 Å². The predicted octanol–water partition coefficient (Wildman–Crippen LogP) is 1.73. The number of H-pyrrole nitrogens is 1. The smallest absolute Gasteiger partial charge is 0.383 e. The van der Waals surface area contributed by atoms with Crippen LogP contribution in [0.4, 0.5) is 13.2 Å². The van der Waals surface area contributed by atoms with Crippen molar-refractivity contribution in [2.24, 2.45) is 5.92 Å². The number of carbonyl (C=O) groups is 1. The van der Waals surface area contributed by atoms with E-state index in [1.54, 1.807) is 12.3 Å². The normalized spacial score (nSPS) is 18.3. The van der Waals surface area contributed by atoms with E-state index in [9.17, 15) is 23.1 Å². The van der Waals surface area contributed by atoms with E-state index in [0.29, 0.717) is 11.0 Å². The maximum absolute atomic E-state index is 12.5. The Labute approximate surface area is 129 Å². The van der Waals surface area contributed by atoms with Crippen LogP contribution in [-0.2, 0) is 0 Å². The molecule has 1 fully saturated rings. The van der Waals surface area contributed by atoms with Crippen LogP contribution in [0.15, 0.2) is 18.6 Å². The van der Waals surface area contributed by atoms with Crippen molar-refractivity contribution in [2.75, 3.05) is 13.1 Å². The van der Waals surface area contributed by atoms with E-state index in [0.717, 1.165) is 0 Å². The van der Waals surface area contributed by atoms with Gasteiger partial charge in [-0.15, -0.1) is 0 Å². The Morgan fingerprint density at radius 3 is 2.70 bits per heavy atom. The molecule has 0 aromatic carbocycles. The summed E-state index contributed by atoms with van der Waals surface area (Å²) in [5, 5.41) is 9.89. The summed E-state index contributed by atoms with van der Waals surface area (Å²) in [6, 6.07) is 1.68. The Morgan fingerprint density at radius 2 is 2.04 bits per heavy atom. The van der Waals surface area contributed by atoms with Gasteiger partial charge < -0.3 is 15.0 Å². The number of halogens is 3. The largest absolute Gasteiger partial charge is 0.414 e. The molecule has 2 aromatic heterocycles. The van der Waals surface area contributed by atoms with Gasteiger partial charge in [0.15, 0.2) is 6.10 Å². The van der Waals surface area contributed by atoms with Gasteiger partial charge in [-0.3, -0.25) is 4.79 Å². The number of nitrogens with zero attached hydrogens (tertiary/aromatic N) is 3. The molecule has 0 bridgehead atoms. The summed E-state index contributed by atoms with van der Waals surface area (Å²) in [6.45, 7) is 0.319. The number of alkyl halides is 3. The Morgan fingerprint density at radius 1 is 1.35 bits per heavy atom. The third-order valence-corrected chi connectivity index (χ3v) is 4.17. The van der Waals surface area contributed by atoms with Crippen molar-refractivity contribution in [1.82, 2.24) is 19.9 Å². The molecule has 2 N–H and O–H groups in total. The minimum atomic E-state index is -4.62. The van der Waals surface area contributed by atoms with Gasteiger partial charge in [0, 0.05) is 19.3 Å². The standard InChI is InChI=1S/C14H15F3N4O2/c15-14(16,17)11(22)8-2-5-21(6-3-8)13(23)10-9-1-4-18-12(9)20-7-19-10/h1,4,7-8,11,22H,2-3,5-6H2,(H,18,19,20). The average molecular weight is 328 g/mol. The number of amides is 1. The molecule has 3 rings (SSSR count). The molecular weight excluding hydrogens is 313 g/mol. The average Bonchev–Trinajstić information content (AvgIpc) is 3.01. The Hall–Kier alpha value is -2.16. The van der Waals surface area contributed by atoms with Crippen molar-refractivity contribution in [1.29, 1.82) is 0 Å². The fourth-order valence-electron chi connectivity index (χ4n) is 2.88. The van der Waals surface area contributed by atoms with E-state index in [-0.39, 0.29) is 37.5 Å². The minimum Gasteiger partial charge on any atom is -0.383 e. The highest BCUT2D eigenvalue weighted by molar-refractivity contribution is 6.03. The third kappa shape index (κ3) is 3.00. The first-order chi connectivity index (χ1) is 10.9. The van der Waals surface area contributed by atoms with Crippen molar-refractivity contribution in [3.63, 3.8) is 0 Å². The van der Waals surface area contributed by atoms with E-state index < -0.39 is 18.2 Å². The number of likely N-dealkylation sites (tertiary alicyclic amines) is 1. The number of aromatic nitrogens is 3. The van der Waals surface area contributed by atoms with Crippen LogP contribution in [0.1, 0.15) is 23.3 Å². The van der Waals surface area contributed by atoms with E-state index in [1.165, 1.54) is 11.2 Å². The fraction of sp³-hybridized carbons (Fsp3) is 0.500. The highest BCUT2D eigenvalue weighted by Gasteiger charge is 2.44. The van der Waals surface area contributed by atoms with Crippen LogP contribution in [0.25, 0.3) is 11.0 Å². The van der Waals surface area contributed by atoms with Crippen LogP contribution in [0.3, 0.4) is 0 Å². The summed E-state index contributed by atoms with van der Waals surface area (Å²) < 4.78 is 37.6. The minimum absolute atomic E-state index is 0.105. The van der Waals surface area contributed by atoms with Crippen molar-refractivity contribution >= 4 is 16.9 Å². The molecule has 1 aliphatic heterocycles. The lowest BCUT2D eigenvalue weighted by atomic mass is 9.90. The highest BCUT2D eigenvalue weighted by Crippen LogP contribution is 2.32. The molecule has 1 saturated heterocycles. The zero-order chi connectivity index (χ0) is 16.6. The Bertz CT molecular complexity index is 707. The summed E-state index contributed by atoms with van der Waals surface area (Å²) in [5.41, 5.74) is 0.761. The first kappa shape index (κ1) is 15.7. The van der Waals surface area contributed by atoms with Crippen molar-refractivity contribution < 1.29 is 23.1 Å². The van der Waals surface area contributed by atoms with Gasteiger partial charge in [0.05, 0.1) is 5.39 Å². The quantitative estimate of drug-likeness (QED) is 0.880. The molecule has 0 saturated carbocycles. The second kappa shape index (κ2) is 5.80. The fourth-order valence-corrected chi connectivity index (χ4v) is 2.88. The molecule has 3 heterocycles. The summed E-state index contributed by atoms with van der Waals surface area (Å²) in [6.07, 6.45) is -3.84. The van der Waals surface area contributed by atoms with Gasteiger partial charge in [0.2, 0.25) is 0 Å². The van der Waals surface area contributed by atoms with Crippen molar-refractivity contribution in [3.05, 3.63) is 24.3 Å². The molecule has 124 valence electrons. The molecule has 23 heavy (non-hydrogen) atoms. The van der Waals surface area contributed by atoms with Crippen molar-refractivity contribution in [2.45, 2.75) is 25.1 Å². The summed E-state index contributed by atoms with van der Waals surface area (Å²) in [5.74, 6) is -1.21. The van der Waals surface area contributed by atoms with Crippen LogP contribution in [0, 0.1) is 5.92 Å². The van der Waals surface area contributed by atoms with Gasteiger partial charge in [0.25, 0.3) is 5.91 Å². The number of rotatable bonds is 2. The zero-order valence-electron chi connectivity index (χ0n) is 12.0. The van der Waals surface area contributed by atoms with Crippen LogP contribution in [0.5, 0.6) is 0 Å². The van der Waals surface area contributed by atoms with E-state index in [2.05, 4.69) is 15.0 Å². The number of hydrogen-bond donors (Lipinski definition) is 2. The summed E-state index contributed by atoms with van der Waals surface area (Å²) in [7, 11) is 0. The maximum Gasteiger partial charge on any atom is 0.414 e. The molecular formula is C14H15F3N4O2. The maximum atomic E-state index is 12.5. The highest BCUT2D eigenvalue weighted by atomic mass is 19.4. The second-order valence-corrected chi connectivity index (χ2v) is 5.58. The zero-order valence-corrected chi connectivity index (χ0v) is 12.0. The van der Waals surface area contributed by atoms with Gasteiger partial charge in [-0.2, -0.15) is 13.2 Å². The van der Waals surface area contributed by atoms with E-state index in [4.69, 9.17) is 0 Å². The first-order valence-electron chi connectivity index (χ1n) is 7.20. The molecule has 0 spiro atoms. The summed E-state index contributed by atoms with van der Waals surface area (Å²) >= 11 is 0. The van der Waals surface area contributed by atoms with Gasteiger partial charge in [-0.25, -0.2) is 9.97 Å². The number of aliphatic hydroxyl groups is 1. The first-order valence-corrected chi connectivity index (χ1v) is 7.20.